The highest BCUT2D eigenvalue weighted by molar-refractivity contribution is 5.98. The summed E-state index contributed by atoms with van der Waals surface area (Å²) in [5.74, 6) is -0.763. The second kappa shape index (κ2) is 9.60. The van der Waals surface area contributed by atoms with E-state index in [1.807, 2.05) is 30.8 Å². The summed E-state index contributed by atoms with van der Waals surface area (Å²) in [4.78, 5) is 25.2. The number of carbonyl (C=O) groups excluding carboxylic acids is 2. The number of ketones is 1. The molecule has 0 unspecified atom stereocenters. The summed E-state index contributed by atoms with van der Waals surface area (Å²) in [7, 11) is 0. The highest BCUT2D eigenvalue weighted by atomic mass is 19.1. The van der Waals surface area contributed by atoms with Crippen molar-refractivity contribution in [3.8, 4) is 5.69 Å². The van der Waals surface area contributed by atoms with Crippen molar-refractivity contribution >= 4 is 11.7 Å². The lowest BCUT2D eigenvalue weighted by Crippen LogP contribution is -2.22. The van der Waals surface area contributed by atoms with E-state index in [9.17, 15) is 14.0 Å². The number of nitrogens with one attached hydrogen (secondary N) is 1. The van der Waals surface area contributed by atoms with Crippen LogP contribution in [0.5, 0.6) is 0 Å². The third kappa shape index (κ3) is 5.23. The van der Waals surface area contributed by atoms with Crippen LogP contribution in [-0.4, -0.2) is 31.3 Å². The van der Waals surface area contributed by atoms with Gasteiger partial charge in [-0.05, 0) is 37.6 Å². The van der Waals surface area contributed by atoms with Crippen LogP contribution in [0.2, 0.25) is 0 Å². The van der Waals surface area contributed by atoms with Gasteiger partial charge in [0.1, 0.15) is 5.82 Å². The topological polar surface area (TPSA) is 81.8 Å². The van der Waals surface area contributed by atoms with Crippen molar-refractivity contribution in [1.29, 1.82) is 0 Å². The predicted octanol–water partition coefficient (Wildman–Crippen LogP) is 4.14. The number of amides is 1. The summed E-state index contributed by atoms with van der Waals surface area (Å²) < 4.78 is 17.1. The lowest BCUT2D eigenvalue weighted by atomic mass is 10.0. The van der Waals surface area contributed by atoms with E-state index in [-0.39, 0.29) is 36.5 Å². The van der Waals surface area contributed by atoms with Crippen LogP contribution in [0.15, 0.2) is 73.3 Å². The Hall–Kier alpha value is -4.07. The third-order valence-electron chi connectivity index (χ3n) is 5.22. The van der Waals surface area contributed by atoms with E-state index in [1.165, 1.54) is 16.9 Å². The number of benzene rings is 2. The van der Waals surface area contributed by atoms with Gasteiger partial charge in [-0.25, -0.2) is 9.07 Å². The van der Waals surface area contributed by atoms with Crippen LogP contribution >= 0.6 is 0 Å². The third-order valence-corrected chi connectivity index (χ3v) is 5.22. The smallest absolute Gasteiger partial charge is 0.254 e. The van der Waals surface area contributed by atoms with Gasteiger partial charge in [-0.2, -0.15) is 10.2 Å². The molecule has 0 saturated heterocycles. The number of halogens is 1. The minimum atomic E-state index is -0.369. The molecule has 2 heterocycles. The molecule has 0 bridgehead atoms. The molecule has 1 amide bonds. The van der Waals surface area contributed by atoms with Gasteiger partial charge in [0.2, 0.25) is 0 Å². The summed E-state index contributed by atoms with van der Waals surface area (Å²) >= 11 is 0. The van der Waals surface area contributed by atoms with E-state index in [4.69, 9.17) is 0 Å². The van der Waals surface area contributed by atoms with E-state index < -0.39 is 0 Å². The minimum absolute atomic E-state index is 0.0323. The molecule has 0 aliphatic heterocycles. The van der Waals surface area contributed by atoms with E-state index >= 15 is 0 Å². The van der Waals surface area contributed by atoms with Crippen molar-refractivity contribution in [3.63, 3.8) is 0 Å². The quantitative estimate of drug-likeness (QED) is 0.413. The van der Waals surface area contributed by atoms with Crippen LogP contribution in [0.1, 0.15) is 51.7 Å². The molecule has 0 radical (unpaired) electrons. The summed E-state index contributed by atoms with van der Waals surface area (Å²) in [6.07, 6.45) is 6.85. The number of nitrogens with zero attached hydrogens (tertiary/aromatic N) is 4. The summed E-state index contributed by atoms with van der Waals surface area (Å²) in [6.45, 7) is 4.13. The van der Waals surface area contributed by atoms with Gasteiger partial charge < -0.3 is 5.32 Å². The fraction of sp³-hybridized carbons (Fsp3) is 0.200. The molecule has 4 aromatic rings. The Morgan fingerprint density at radius 2 is 1.82 bits per heavy atom. The SMILES string of the molecule is CC(C)n1cc(CC(=O)c2cccc(-n3cc(C(=O)NCc4ccccc4F)cn3)c2)cn1. The van der Waals surface area contributed by atoms with Crippen molar-refractivity contribution in [2.45, 2.75) is 32.9 Å². The Balaban J connectivity index is 1.43. The maximum absolute atomic E-state index is 13.7. The Morgan fingerprint density at radius 3 is 2.58 bits per heavy atom. The van der Waals surface area contributed by atoms with E-state index in [0.29, 0.717) is 22.4 Å². The second-order valence-electron chi connectivity index (χ2n) is 8.02. The van der Waals surface area contributed by atoms with Gasteiger partial charge in [0.25, 0.3) is 5.91 Å². The van der Waals surface area contributed by atoms with Gasteiger partial charge in [0.15, 0.2) is 5.78 Å². The Morgan fingerprint density at radius 1 is 1.00 bits per heavy atom. The molecule has 0 atom stereocenters. The van der Waals surface area contributed by atoms with E-state index in [1.54, 1.807) is 48.8 Å². The first-order chi connectivity index (χ1) is 15.9. The van der Waals surface area contributed by atoms with Crippen molar-refractivity contribution in [2.24, 2.45) is 0 Å². The molecule has 4 rings (SSSR count). The summed E-state index contributed by atoms with van der Waals surface area (Å²) in [5, 5.41) is 11.2. The molecule has 0 aliphatic rings. The van der Waals surface area contributed by atoms with Crippen LogP contribution < -0.4 is 5.32 Å². The van der Waals surface area contributed by atoms with Crippen LogP contribution in [-0.2, 0) is 13.0 Å². The van der Waals surface area contributed by atoms with E-state index in [2.05, 4.69) is 15.5 Å². The van der Waals surface area contributed by atoms with Crippen LogP contribution in [0, 0.1) is 5.82 Å². The zero-order valence-corrected chi connectivity index (χ0v) is 18.4. The lowest BCUT2D eigenvalue weighted by Gasteiger charge is -2.06. The summed E-state index contributed by atoms with van der Waals surface area (Å²) in [5.41, 5.74) is 2.80. The van der Waals surface area contributed by atoms with Gasteiger partial charge in [-0.3, -0.25) is 14.3 Å². The Labute approximate surface area is 190 Å². The lowest BCUT2D eigenvalue weighted by molar-refractivity contribution is 0.0949. The zero-order valence-electron chi connectivity index (χ0n) is 18.4. The predicted molar refractivity (Wildman–Crippen MR) is 122 cm³/mol. The molecule has 0 fully saturated rings. The molecule has 8 heteroatoms. The molecule has 2 aromatic carbocycles. The van der Waals surface area contributed by atoms with Crippen LogP contribution in [0.3, 0.4) is 0 Å². The van der Waals surface area contributed by atoms with Crippen molar-refractivity contribution < 1.29 is 14.0 Å². The number of rotatable bonds is 8. The fourth-order valence-electron chi connectivity index (χ4n) is 3.36. The van der Waals surface area contributed by atoms with Crippen LogP contribution in [0.4, 0.5) is 4.39 Å². The highest BCUT2D eigenvalue weighted by Gasteiger charge is 2.13. The largest absolute Gasteiger partial charge is 0.348 e. The number of hydrogen-bond donors (Lipinski definition) is 1. The molecule has 7 nitrogen and oxygen atoms in total. The average molecular weight is 445 g/mol. The van der Waals surface area contributed by atoms with Crippen molar-refractivity contribution in [3.05, 3.63) is 101 Å². The van der Waals surface area contributed by atoms with E-state index in [0.717, 1.165) is 5.56 Å². The number of carbonyl (C=O) groups is 2. The molecule has 0 saturated carbocycles. The number of aromatic nitrogens is 4. The van der Waals surface area contributed by atoms with Crippen LogP contribution in [0.25, 0.3) is 5.69 Å². The Bertz CT molecular complexity index is 1290. The van der Waals surface area contributed by atoms with Gasteiger partial charge in [0.05, 0.1) is 23.6 Å². The van der Waals surface area contributed by atoms with Gasteiger partial charge in [-0.15, -0.1) is 0 Å². The number of hydrogen-bond acceptors (Lipinski definition) is 4. The fourth-order valence-corrected chi connectivity index (χ4v) is 3.36. The molecule has 2 aromatic heterocycles. The maximum Gasteiger partial charge on any atom is 0.254 e. The monoisotopic (exact) mass is 445 g/mol. The molecule has 1 N–H and O–H groups in total. The first-order valence-electron chi connectivity index (χ1n) is 10.6. The minimum Gasteiger partial charge on any atom is -0.348 e. The molecular weight excluding hydrogens is 421 g/mol. The van der Waals surface area contributed by atoms with Crippen molar-refractivity contribution in [2.75, 3.05) is 0 Å². The summed E-state index contributed by atoms with van der Waals surface area (Å²) in [6, 6.07) is 13.6. The zero-order chi connectivity index (χ0) is 23.4. The van der Waals surface area contributed by atoms with Crippen molar-refractivity contribution in [1.82, 2.24) is 24.9 Å². The first kappa shape index (κ1) is 22.1. The second-order valence-corrected chi connectivity index (χ2v) is 8.02. The average Bonchev–Trinajstić information content (AvgIpc) is 3.49. The highest BCUT2D eigenvalue weighted by Crippen LogP contribution is 2.15. The maximum atomic E-state index is 13.7. The molecule has 33 heavy (non-hydrogen) atoms. The van der Waals surface area contributed by atoms with Gasteiger partial charge >= 0.3 is 0 Å². The van der Waals surface area contributed by atoms with Gasteiger partial charge in [-0.1, -0.05) is 30.3 Å². The Kier molecular flexibility index (Phi) is 6.44. The molecule has 0 aliphatic carbocycles. The standard InChI is InChI=1S/C25H24FN5O2/c1-17(2)30-15-18(12-28-30)10-24(32)19-7-5-8-22(11-19)31-16-21(14-29-31)25(33)27-13-20-6-3-4-9-23(20)26/h3-9,11-12,14-17H,10,13H2,1-2H3,(H,27,33). The van der Waals surface area contributed by atoms with Gasteiger partial charge in [0, 0.05) is 42.5 Å². The number of Topliss-reactive ketones (excluding diaryl/α,β-unsaturated/α-hetero) is 1. The molecule has 0 spiro atoms. The molecule has 168 valence electrons. The molecular formula is C25H24FN5O2. The normalized spacial score (nSPS) is 11.0. The first-order valence-corrected chi connectivity index (χ1v) is 10.6.